The molecule has 0 saturated heterocycles. The summed E-state index contributed by atoms with van der Waals surface area (Å²) >= 11 is 1.44. The minimum Gasteiger partial charge on any atom is -0.444 e. The smallest absolute Gasteiger partial charge is 0.407 e. The van der Waals surface area contributed by atoms with Crippen molar-refractivity contribution in [2.75, 3.05) is 6.54 Å². The summed E-state index contributed by atoms with van der Waals surface area (Å²) in [6.45, 7) is 5.75. The van der Waals surface area contributed by atoms with Crippen molar-refractivity contribution in [3.63, 3.8) is 0 Å². The van der Waals surface area contributed by atoms with Crippen LogP contribution in [0, 0.1) is 0 Å². The van der Waals surface area contributed by atoms with Crippen molar-refractivity contribution in [2.45, 2.75) is 44.9 Å². The van der Waals surface area contributed by atoms with E-state index in [0.29, 0.717) is 13.0 Å². The molecule has 2 unspecified atom stereocenters. The van der Waals surface area contributed by atoms with Crippen LogP contribution in [0.4, 0.5) is 4.79 Å². The van der Waals surface area contributed by atoms with E-state index in [4.69, 9.17) is 10.5 Å². The van der Waals surface area contributed by atoms with E-state index in [1.54, 1.807) is 20.8 Å². The number of hydrogen-bond acceptors (Lipinski definition) is 5. The number of aliphatic hydroxyl groups excluding tert-OH is 1. The number of nitrogens with two attached hydrogens (primary N) is 1. The first-order valence-corrected chi connectivity index (χ1v) is 7.12. The van der Waals surface area contributed by atoms with Crippen molar-refractivity contribution in [1.29, 1.82) is 0 Å². The van der Waals surface area contributed by atoms with Gasteiger partial charge in [-0.15, -0.1) is 11.3 Å². The number of thiophene rings is 1. The molecule has 0 saturated carbocycles. The van der Waals surface area contributed by atoms with Crippen molar-refractivity contribution in [3.05, 3.63) is 22.4 Å². The van der Waals surface area contributed by atoms with Gasteiger partial charge in [-0.2, -0.15) is 0 Å². The van der Waals surface area contributed by atoms with E-state index < -0.39 is 23.8 Å². The third kappa shape index (κ3) is 5.59. The number of aliphatic hydroxyl groups is 1. The molecule has 0 radical (unpaired) electrons. The number of ether oxygens (including phenoxy) is 1. The molecule has 0 aliphatic carbocycles. The third-order valence-corrected chi connectivity index (χ3v) is 3.34. The maximum atomic E-state index is 11.7. The lowest BCUT2D eigenvalue weighted by molar-refractivity contribution is 0.0419. The molecule has 1 heterocycles. The van der Waals surface area contributed by atoms with Crippen LogP contribution in [0.2, 0.25) is 0 Å². The Morgan fingerprint density at radius 2 is 2.26 bits per heavy atom. The van der Waals surface area contributed by atoms with Gasteiger partial charge in [0.15, 0.2) is 0 Å². The molecule has 1 amide bonds. The van der Waals surface area contributed by atoms with Crippen LogP contribution >= 0.6 is 11.3 Å². The number of hydrogen-bond donors (Lipinski definition) is 3. The maximum Gasteiger partial charge on any atom is 0.407 e. The van der Waals surface area contributed by atoms with Gasteiger partial charge in [0.2, 0.25) is 0 Å². The van der Waals surface area contributed by atoms with E-state index in [0.717, 1.165) is 4.88 Å². The maximum absolute atomic E-state index is 11.7. The number of alkyl carbamates (subject to hydrolysis) is 1. The summed E-state index contributed by atoms with van der Waals surface area (Å²) in [4.78, 5) is 12.5. The first kappa shape index (κ1) is 15.9. The predicted octanol–water partition coefficient (Wildman–Crippen LogP) is 2.02. The minimum atomic E-state index is -0.768. The Bertz CT molecular complexity index is 387. The molecular formula is C13H22N2O3S. The lowest BCUT2D eigenvalue weighted by Gasteiger charge is -2.26. The Morgan fingerprint density at radius 1 is 1.58 bits per heavy atom. The normalized spacial score (nSPS) is 14.8. The monoisotopic (exact) mass is 286 g/mol. The summed E-state index contributed by atoms with van der Waals surface area (Å²) in [5.74, 6) is 0. The fourth-order valence-electron chi connectivity index (χ4n) is 1.61. The van der Waals surface area contributed by atoms with Crippen LogP contribution in [-0.2, 0) is 4.74 Å². The average molecular weight is 286 g/mol. The molecule has 1 aromatic heterocycles. The van der Waals surface area contributed by atoms with Crippen LogP contribution in [0.15, 0.2) is 17.5 Å². The Labute approximate surface area is 117 Å². The highest BCUT2D eigenvalue weighted by Crippen LogP contribution is 2.23. The molecular weight excluding hydrogens is 264 g/mol. The second-order valence-corrected chi connectivity index (χ2v) is 6.27. The van der Waals surface area contributed by atoms with Gasteiger partial charge in [-0.3, -0.25) is 0 Å². The molecule has 0 aliphatic rings. The van der Waals surface area contributed by atoms with E-state index >= 15 is 0 Å². The van der Waals surface area contributed by atoms with E-state index in [1.807, 2.05) is 17.5 Å². The molecule has 5 nitrogen and oxygen atoms in total. The lowest BCUT2D eigenvalue weighted by Crippen LogP contribution is -2.43. The first-order valence-electron chi connectivity index (χ1n) is 6.24. The largest absolute Gasteiger partial charge is 0.444 e. The van der Waals surface area contributed by atoms with E-state index in [9.17, 15) is 9.90 Å². The molecule has 1 rings (SSSR count). The zero-order valence-corrected chi connectivity index (χ0v) is 12.4. The fraction of sp³-hybridized carbons (Fsp3) is 0.615. The molecule has 0 fully saturated rings. The van der Waals surface area contributed by atoms with E-state index in [2.05, 4.69) is 5.32 Å². The highest BCUT2D eigenvalue weighted by atomic mass is 32.1. The molecule has 0 spiro atoms. The third-order valence-electron chi connectivity index (χ3n) is 2.40. The van der Waals surface area contributed by atoms with Crippen LogP contribution in [0.3, 0.4) is 0 Å². The molecule has 6 heteroatoms. The summed E-state index contributed by atoms with van der Waals surface area (Å²) in [5.41, 5.74) is 4.96. The van der Waals surface area contributed by atoms with Gasteiger partial charge < -0.3 is 20.9 Å². The van der Waals surface area contributed by atoms with Crippen molar-refractivity contribution < 1.29 is 14.6 Å². The molecule has 0 aromatic carbocycles. The van der Waals surface area contributed by atoms with Crippen molar-refractivity contribution in [1.82, 2.24) is 5.32 Å². The summed E-state index contributed by atoms with van der Waals surface area (Å²) in [7, 11) is 0. The molecule has 108 valence electrons. The van der Waals surface area contributed by atoms with E-state index in [1.165, 1.54) is 11.3 Å². The number of amides is 1. The van der Waals surface area contributed by atoms with Gasteiger partial charge in [0.05, 0.1) is 6.04 Å². The van der Waals surface area contributed by atoms with Crippen LogP contribution < -0.4 is 11.1 Å². The van der Waals surface area contributed by atoms with Crippen molar-refractivity contribution >= 4 is 17.4 Å². The Hall–Kier alpha value is -1.11. The van der Waals surface area contributed by atoms with Gasteiger partial charge in [-0.05, 0) is 45.2 Å². The van der Waals surface area contributed by atoms with E-state index in [-0.39, 0.29) is 0 Å². The van der Waals surface area contributed by atoms with Gasteiger partial charge in [-0.1, -0.05) is 6.07 Å². The summed E-state index contributed by atoms with van der Waals surface area (Å²) in [5, 5.41) is 14.8. The van der Waals surface area contributed by atoms with Crippen molar-refractivity contribution in [3.8, 4) is 0 Å². The van der Waals surface area contributed by atoms with Crippen LogP contribution in [0.1, 0.15) is 38.2 Å². The summed E-state index contributed by atoms with van der Waals surface area (Å²) in [6, 6.07) is 3.24. The second-order valence-electron chi connectivity index (χ2n) is 5.29. The Kier molecular flexibility index (Phi) is 5.78. The minimum absolute atomic E-state index is 0.378. The van der Waals surface area contributed by atoms with Crippen LogP contribution in [0.25, 0.3) is 0 Å². The predicted molar refractivity (Wildman–Crippen MR) is 76.1 cm³/mol. The average Bonchev–Trinajstić information content (AvgIpc) is 2.78. The molecule has 2 atom stereocenters. The number of carbonyl (C=O) groups is 1. The Morgan fingerprint density at radius 3 is 2.74 bits per heavy atom. The standard InChI is InChI=1S/C13H22N2O3S/c1-13(2,3)18-12(17)15-9(6-7-14)11(16)10-5-4-8-19-10/h4-5,8-9,11,16H,6-7,14H2,1-3H3,(H,15,17). The molecule has 1 aromatic rings. The second kappa shape index (κ2) is 6.88. The van der Waals surface area contributed by atoms with Gasteiger partial charge in [0.25, 0.3) is 0 Å². The van der Waals surface area contributed by atoms with Gasteiger partial charge >= 0.3 is 6.09 Å². The number of rotatable bonds is 5. The molecule has 4 N–H and O–H groups in total. The number of carbonyl (C=O) groups excluding carboxylic acids is 1. The lowest BCUT2D eigenvalue weighted by atomic mass is 10.1. The summed E-state index contributed by atoms with van der Waals surface area (Å²) in [6.07, 6.45) is -0.823. The van der Waals surface area contributed by atoms with Crippen LogP contribution in [0.5, 0.6) is 0 Å². The van der Waals surface area contributed by atoms with Gasteiger partial charge in [0.1, 0.15) is 11.7 Å². The Balaban J connectivity index is 2.65. The summed E-state index contributed by atoms with van der Waals surface area (Å²) < 4.78 is 5.18. The number of nitrogens with one attached hydrogen (secondary N) is 1. The quantitative estimate of drug-likeness (QED) is 0.773. The zero-order chi connectivity index (χ0) is 14.5. The zero-order valence-electron chi connectivity index (χ0n) is 11.6. The van der Waals surface area contributed by atoms with Gasteiger partial charge in [0, 0.05) is 4.88 Å². The topological polar surface area (TPSA) is 84.6 Å². The fourth-order valence-corrected chi connectivity index (χ4v) is 2.38. The molecule has 19 heavy (non-hydrogen) atoms. The van der Waals surface area contributed by atoms with Crippen molar-refractivity contribution in [2.24, 2.45) is 5.73 Å². The highest BCUT2D eigenvalue weighted by Gasteiger charge is 2.25. The SMILES string of the molecule is CC(C)(C)OC(=O)NC(CCN)C(O)c1cccs1. The molecule has 0 aliphatic heterocycles. The van der Waals surface area contributed by atoms with Crippen LogP contribution in [-0.4, -0.2) is 29.4 Å². The van der Waals surface area contributed by atoms with Gasteiger partial charge in [-0.25, -0.2) is 4.79 Å². The highest BCUT2D eigenvalue weighted by molar-refractivity contribution is 7.10. The first-order chi connectivity index (χ1) is 8.83. The molecule has 0 bridgehead atoms.